The standard InChI is InChI=1S/C29H33N3/c1-23-13-15-25(16-14-23)29(24-8-3-2-4-9-24)32-20-18-31(19-21-32)17-7-10-26-22-30-28-12-6-5-11-27(26)28/h2-6,8-9,11-16,22,29-30H,7,10,17-21H2,1H3/t29-/m1/s1. The molecule has 5 rings (SSSR count). The van der Waals surface area contributed by atoms with Gasteiger partial charge in [-0.1, -0.05) is 78.4 Å². The minimum absolute atomic E-state index is 0.338. The van der Waals surface area contributed by atoms with Crippen LogP contribution in [0.1, 0.15) is 34.7 Å². The van der Waals surface area contributed by atoms with Crippen molar-refractivity contribution in [1.82, 2.24) is 14.8 Å². The summed E-state index contributed by atoms with van der Waals surface area (Å²) in [7, 11) is 0. The molecule has 2 heterocycles. The summed E-state index contributed by atoms with van der Waals surface area (Å²) in [5.74, 6) is 0. The molecule has 0 bridgehead atoms. The van der Waals surface area contributed by atoms with Crippen LogP contribution in [0, 0.1) is 6.92 Å². The van der Waals surface area contributed by atoms with Crippen molar-refractivity contribution in [3.8, 4) is 0 Å². The van der Waals surface area contributed by atoms with Crippen LogP contribution >= 0.6 is 0 Å². The van der Waals surface area contributed by atoms with Gasteiger partial charge in [0.1, 0.15) is 0 Å². The molecular formula is C29H33N3. The summed E-state index contributed by atoms with van der Waals surface area (Å²) in [6.45, 7) is 7.84. The molecule has 164 valence electrons. The fraction of sp³-hybridized carbons (Fsp3) is 0.310. The van der Waals surface area contributed by atoms with Crippen LogP contribution in [0.4, 0.5) is 0 Å². The first-order chi connectivity index (χ1) is 15.8. The first-order valence-corrected chi connectivity index (χ1v) is 11.9. The summed E-state index contributed by atoms with van der Waals surface area (Å²) in [5.41, 5.74) is 6.81. The zero-order valence-electron chi connectivity index (χ0n) is 19.0. The van der Waals surface area contributed by atoms with Gasteiger partial charge in [0.25, 0.3) is 0 Å². The minimum Gasteiger partial charge on any atom is -0.361 e. The van der Waals surface area contributed by atoms with Gasteiger partial charge in [0.15, 0.2) is 0 Å². The highest BCUT2D eigenvalue weighted by Crippen LogP contribution is 2.30. The summed E-state index contributed by atoms with van der Waals surface area (Å²) in [5, 5.41) is 1.38. The molecule has 0 aliphatic carbocycles. The molecule has 1 N–H and O–H groups in total. The van der Waals surface area contributed by atoms with Crippen molar-refractivity contribution in [3.63, 3.8) is 0 Å². The molecule has 1 aromatic heterocycles. The molecule has 1 aliphatic heterocycles. The van der Waals surface area contributed by atoms with Gasteiger partial charge in [-0.3, -0.25) is 4.90 Å². The van der Waals surface area contributed by atoms with Crippen LogP contribution < -0.4 is 0 Å². The Balaban J connectivity index is 1.20. The van der Waals surface area contributed by atoms with Crippen LogP contribution in [0.5, 0.6) is 0 Å². The number of aromatic nitrogens is 1. The second-order valence-electron chi connectivity index (χ2n) is 9.06. The number of hydrogen-bond donors (Lipinski definition) is 1. The number of para-hydroxylation sites is 1. The molecular weight excluding hydrogens is 390 g/mol. The highest BCUT2D eigenvalue weighted by molar-refractivity contribution is 5.82. The van der Waals surface area contributed by atoms with Crippen molar-refractivity contribution in [2.75, 3.05) is 32.7 Å². The van der Waals surface area contributed by atoms with E-state index in [4.69, 9.17) is 0 Å². The van der Waals surface area contributed by atoms with Gasteiger partial charge in [0.2, 0.25) is 0 Å². The summed E-state index contributed by atoms with van der Waals surface area (Å²) >= 11 is 0. The van der Waals surface area contributed by atoms with Crippen molar-refractivity contribution in [3.05, 3.63) is 107 Å². The Hall–Kier alpha value is -2.88. The van der Waals surface area contributed by atoms with Crippen LogP contribution in [0.25, 0.3) is 10.9 Å². The molecule has 1 atom stereocenters. The number of H-pyrrole nitrogens is 1. The number of nitrogens with zero attached hydrogens (tertiary/aromatic N) is 2. The lowest BCUT2D eigenvalue weighted by Crippen LogP contribution is -2.48. The lowest BCUT2D eigenvalue weighted by atomic mass is 9.95. The molecule has 32 heavy (non-hydrogen) atoms. The van der Waals surface area contributed by atoms with Crippen LogP contribution in [-0.4, -0.2) is 47.5 Å². The zero-order valence-corrected chi connectivity index (χ0v) is 19.0. The Labute approximate surface area is 191 Å². The van der Waals surface area contributed by atoms with Gasteiger partial charge in [0, 0.05) is 43.3 Å². The van der Waals surface area contributed by atoms with Crippen LogP contribution in [0.2, 0.25) is 0 Å². The van der Waals surface area contributed by atoms with Gasteiger partial charge in [-0.2, -0.15) is 0 Å². The Bertz CT molecular complexity index is 1120. The van der Waals surface area contributed by atoms with Gasteiger partial charge in [-0.25, -0.2) is 0 Å². The Morgan fingerprint density at radius 1 is 0.781 bits per heavy atom. The predicted molar refractivity (Wildman–Crippen MR) is 134 cm³/mol. The lowest BCUT2D eigenvalue weighted by molar-refractivity contribution is 0.109. The third-order valence-electron chi connectivity index (χ3n) is 6.88. The molecule has 0 unspecified atom stereocenters. The number of benzene rings is 3. The Morgan fingerprint density at radius 3 is 2.25 bits per heavy atom. The second kappa shape index (κ2) is 9.72. The molecule has 3 heteroatoms. The number of nitrogens with one attached hydrogen (secondary N) is 1. The molecule has 4 aromatic rings. The fourth-order valence-corrected chi connectivity index (χ4v) is 5.07. The lowest BCUT2D eigenvalue weighted by Gasteiger charge is -2.40. The van der Waals surface area contributed by atoms with Gasteiger partial charge < -0.3 is 9.88 Å². The normalized spacial score (nSPS) is 16.4. The van der Waals surface area contributed by atoms with Gasteiger partial charge in [-0.05, 0) is 49.1 Å². The smallest absolute Gasteiger partial charge is 0.0602 e. The van der Waals surface area contributed by atoms with E-state index in [0.717, 1.165) is 32.6 Å². The number of aryl methyl sites for hydroxylation is 2. The van der Waals surface area contributed by atoms with Crippen LogP contribution in [0.15, 0.2) is 85.1 Å². The topological polar surface area (TPSA) is 22.3 Å². The quantitative estimate of drug-likeness (QED) is 0.405. The molecule has 3 nitrogen and oxygen atoms in total. The van der Waals surface area contributed by atoms with Gasteiger partial charge in [0.05, 0.1) is 6.04 Å². The zero-order chi connectivity index (χ0) is 21.8. The first kappa shape index (κ1) is 21.0. The van der Waals surface area contributed by atoms with Crippen molar-refractivity contribution in [2.24, 2.45) is 0 Å². The van der Waals surface area contributed by atoms with E-state index in [1.165, 1.54) is 46.1 Å². The number of fused-ring (bicyclic) bond motifs is 1. The molecule has 0 amide bonds. The van der Waals surface area contributed by atoms with Gasteiger partial charge in [-0.15, -0.1) is 0 Å². The van der Waals surface area contributed by atoms with E-state index in [1.807, 2.05) is 0 Å². The maximum Gasteiger partial charge on any atom is 0.0602 e. The van der Waals surface area contributed by atoms with E-state index in [2.05, 4.69) is 107 Å². The van der Waals surface area contributed by atoms with Crippen molar-refractivity contribution in [2.45, 2.75) is 25.8 Å². The highest BCUT2D eigenvalue weighted by Gasteiger charge is 2.26. The average molecular weight is 424 g/mol. The maximum atomic E-state index is 3.41. The highest BCUT2D eigenvalue weighted by atomic mass is 15.3. The monoisotopic (exact) mass is 423 g/mol. The molecule has 1 fully saturated rings. The molecule has 3 aromatic carbocycles. The van der Waals surface area contributed by atoms with E-state index in [-0.39, 0.29) is 0 Å². The average Bonchev–Trinajstić information content (AvgIpc) is 3.25. The molecule has 0 radical (unpaired) electrons. The maximum absolute atomic E-state index is 3.41. The van der Waals surface area contributed by atoms with Crippen LogP contribution in [-0.2, 0) is 6.42 Å². The summed E-state index contributed by atoms with van der Waals surface area (Å²) in [4.78, 5) is 8.71. The largest absolute Gasteiger partial charge is 0.361 e. The summed E-state index contributed by atoms with van der Waals surface area (Å²) in [6, 6.07) is 29.1. The Kier molecular flexibility index (Phi) is 6.38. The van der Waals surface area contributed by atoms with E-state index in [0.29, 0.717) is 6.04 Å². The summed E-state index contributed by atoms with van der Waals surface area (Å²) < 4.78 is 0. The van der Waals surface area contributed by atoms with E-state index < -0.39 is 0 Å². The number of hydrogen-bond acceptors (Lipinski definition) is 2. The minimum atomic E-state index is 0.338. The molecule has 0 saturated carbocycles. The third kappa shape index (κ3) is 4.64. The first-order valence-electron chi connectivity index (χ1n) is 11.9. The number of piperazine rings is 1. The van der Waals surface area contributed by atoms with Crippen molar-refractivity contribution >= 4 is 10.9 Å². The van der Waals surface area contributed by atoms with Crippen molar-refractivity contribution in [1.29, 1.82) is 0 Å². The van der Waals surface area contributed by atoms with Crippen LogP contribution in [0.3, 0.4) is 0 Å². The molecule has 1 aliphatic rings. The predicted octanol–water partition coefficient (Wildman–Crippen LogP) is 5.82. The summed E-state index contributed by atoms with van der Waals surface area (Å²) in [6.07, 6.45) is 4.54. The SMILES string of the molecule is Cc1ccc([C@@H](c2ccccc2)N2CCN(CCCc3c[nH]c4ccccc34)CC2)cc1. The van der Waals surface area contributed by atoms with E-state index >= 15 is 0 Å². The van der Waals surface area contributed by atoms with E-state index in [9.17, 15) is 0 Å². The molecule has 0 spiro atoms. The number of rotatable bonds is 7. The van der Waals surface area contributed by atoms with Crippen molar-refractivity contribution < 1.29 is 0 Å². The Morgan fingerprint density at radius 2 is 1.47 bits per heavy atom. The number of aromatic amines is 1. The van der Waals surface area contributed by atoms with Gasteiger partial charge >= 0.3 is 0 Å². The second-order valence-corrected chi connectivity index (χ2v) is 9.06. The molecule has 1 saturated heterocycles. The fourth-order valence-electron chi connectivity index (χ4n) is 5.07. The third-order valence-corrected chi connectivity index (χ3v) is 6.88. The van der Waals surface area contributed by atoms with E-state index in [1.54, 1.807) is 0 Å².